The number of piperazine rings is 1. The molecule has 1 heterocycles. The minimum Gasteiger partial charge on any atom is -0.497 e. The number of fused-ring (bicyclic) bond motifs is 1. The van der Waals surface area contributed by atoms with Crippen molar-refractivity contribution < 1.29 is 9.84 Å². The number of nitrogens with one attached hydrogen (secondary N) is 1. The SMILES string of the molecule is COc1ccc2cc([C@H](CO)N3CCNCC3)ccc2c1. The van der Waals surface area contributed by atoms with E-state index in [0.29, 0.717) is 0 Å². The van der Waals surface area contributed by atoms with Crippen LogP contribution in [0.2, 0.25) is 0 Å². The van der Waals surface area contributed by atoms with Gasteiger partial charge in [0.2, 0.25) is 0 Å². The summed E-state index contributed by atoms with van der Waals surface area (Å²) in [6.07, 6.45) is 0. The van der Waals surface area contributed by atoms with Crippen molar-refractivity contribution in [2.45, 2.75) is 6.04 Å². The Kier molecular flexibility index (Phi) is 4.39. The zero-order valence-corrected chi connectivity index (χ0v) is 12.4. The Hall–Kier alpha value is -1.62. The number of nitrogens with zero attached hydrogens (tertiary/aromatic N) is 1. The fourth-order valence-electron chi connectivity index (χ4n) is 3.00. The third-order valence-electron chi connectivity index (χ3n) is 4.22. The summed E-state index contributed by atoms with van der Waals surface area (Å²) in [5, 5.41) is 15.5. The molecule has 2 N–H and O–H groups in total. The summed E-state index contributed by atoms with van der Waals surface area (Å²) in [6.45, 7) is 4.09. The monoisotopic (exact) mass is 286 g/mol. The molecule has 0 aromatic heterocycles. The zero-order valence-electron chi connectivity index (χ0n) is 12.4. The lowest BCUT2D eigenvalue weighted by Crippen LogP contribution is -2.46. The van der Waals surface area contributed by atoms with E-state index in [4.69, 9.17) is 4.74 Å². The molecule has 0 radical (unpaired) electrons. The molecule has 2 aromatic rings. The van der Waals surface area contributed by atoms with E-state index < -0.39 is 0 Å². The molecule has 21 heavy (non-hydrogen) atoms. The molecule has 2 aromatic carbocycles. The first kappa shape index (κ1) is 14.3. The van der Waals surface area contributed by atoms with Crippen LogP contribution in [0.5, 0.6) is 5.75 Å². The lowest BCUT2D eigenvalue weighted by atomic mass is 10.0. The molecule has 0 aliphatic carbocycles. The van der Waals surface area contributed by atoms with E-state index in [0.717, 1.165) is 37.3 Å². The summed E-state index contributed by atoms with van der Waals surface area (Å²) in [5.41, 5.74) is 1.18. The summed E-state index contributed by atoms with van der Waals surface area (Å²) in [5.74, 6) is 0.871. The van der Waals surface area contributed by atoms with E-state index in [1.807, 2.05) is 12.1 Å². The highest BCUT2D eigenvalue weighted by molar-refractivity contribution is 5.84. The van der Waals surface area contributed by atoms with Crippen molar-refractivity contribution in [3.63, 3.8) is 0 Å². The van der Waals surface area contributed by atoms with Crippen LogP contribution in [0, 0.1) is 0 Å². The molecule has 0 spiro atoms. The van der Waals surface area contributed by atoms with Gasteiger partial charge in [0.05, 0.1) is 19.8 Å². The summed E-state index contributed by atoms with van der Waals surface area (Å²) >= 11 is 0. The number of hydrogen-bond acceptors (Lipinski definition) is 4. The number of methoxy groups -OCH3 is 1. The largest absolute Gasteiger partial charge is 0.497 e. The molecule has 1 saturated heterocycles. The molecule has 1 aliphatic heterocycles. The Morgan fingerprint density at radius 2 is 1.86 bits per heavy atom. The number of ether oxygens (including phenoxy) is 1. The van der Waals surface area contributed by atoms with Gasteiger partial charge in [-0.05, 0) is 34.5 Å². The maximum Gasteiger partial charge on any atom is 0.119 e. The van der Waals surface area contributed by atoms with Crippen molar-refractivity contribution in [3.8, 4) is 5.75 Å². The van der Waals surface area contributed by atoms with Crippen molar-refractivity contribution >= 4 is 10.8 Å². The van der Waals surface area contributed by atoms with E-state index in [1.165, 1.54) is 10.9 Å². The van der Waals surface area contributed by atoms with E-state index in [9.17, 15) is 5.11 Å². The van der Waals surface area contributed by atoms with Crippen LogP contribution >= 0.6 is 0 Å². The van der Waals surface area contributed by atoms with Gasteiger partial charge in [0.25, 0.3) is 0 Å². The molecular weight excluding hydrogens is 264 g/mol. The standard InChI is InChI=1S/C17H22N2O2/c1-21-16-5-4-13-10-15(3-2-14(13)11-16)17(12-20)19-8-6-18-7-9-19/h2-5,10-11,17-18,20H,6-9,12H2,1H3/t17-/m0/s1. The van der Waals surface area contributed by atoms with Crippen molar-refractivity contribution in [1.29, 1.82) is 0 Å². The topological polar surface area (TPSA) is 44.7 Å². The highest BCUT2D eigenvalue weighted by Crippen LogP contribution is 2.27. The molecule has 4 heteroatoms. The second kappa shape index (κ2) is 6.43. The van der Waals surface area contributed by atoms with Gasteiger partial charge < -0.3 is 15.2 Å². The quantitative estimate of drug-likeness (QED) is 0.899. The summed E-state index contributed by atoms with van der Waals surface area (Å²) in [6, 6.07) is 12.6. The molecule has 0 bridgehead atoms. The van der Waals surface area contributed by atoms with E-state index in [2.05, 4.69) is 34.5 Å². The molecule has 4 nitrogen and oxygen atoms in total. The Morgan fingerprint density at radius 1 is 1.14 bits per heavy atom. The maximum atomic E-state index is 9.80. The highest BCUT2D eigenvalue weighted by Gasteiger charge is 2.21. The zero-order chi connectivity index (χ0) is 14.7. The predicted octanol–water partition coefficient (Wildman–Crippen LogP) is 1.79. The Balaban J connectivity index is 1.91. The molecule has 112 valence electrons. The third kappa shape index (κ3) is 3.02. The molecule has 1 atom stereocenters. The number of aliphatic hydroxyl groups is 1. The number of benzene rings is 2. The van der Waals surface area contributed by atoms with Crippen molar-refractivity contribution in [2.24, 2.45) is 0 Å². The minimum absolute atomic E-state index is 0.0820. The molecule has 0 saturated carbocycles. The maximum absolute atomic E-state index is 9.80. The number of aliphatic hydroxyl groups excluding tert-OH is 1. The molecule has 0 amide bonds. The Morgan fingerprint density at radius 3 is 2.57 bits per heavy atom. The summed E-state index contributed by atoms with van der Waals surface area (Å²) in [7, 11) is 1.68. The van der Waals surface area contributed by atoms with Gasteiger partial charge in [-0.15, -0.1) is 0 Å². The van der Waals surface area contributed by atoms with E-state index in [1.54, 1.807) is 7.11 Å². The van der Waals surface area contributed by atoms with Crippen LogP contribution < -0.4 is 10.1 Å². The summed E-state index contributed by atoms with van der Waals surface area (Å²) in [4.78, 5) is 2.35. The average Bonchev–Trinajstić information content (AvgIpc) is 2.56. The molecule has 3 rings (SSSR count). The summed E-state index contributed by atoms with van der Waals surface area (Å²) < 4.78 is 5.26. The fraction of sp³-hybridized carbons (Fsp3) is 0.412. The Bertz CT molecular complexity index is 609. The van der Waals surface area contributed by atoms with Crippen LogP contribution in [0.15, 0.2) is 36.4 Å². The third-order valence-corrected chi connectivity index (χ3v) is 4.22. The number of hydrogen-bond donors (Lipinski definition) is 2. The van der Waals surface area contributed by atoms with E-state index in [-0.39, 0.29) is 12.6 Å². The van der Waals surface area contributed by atoms with Crippen LogP contribution in [0.3, 0.4) is 0 Å². The van der Waals surface area contributed by atoms with Gasteiger partial charge in [-0.2, -0.15) is 0 Å². The smallest absolute Gasteiger partial charge is 0.119 e. The van der Waals surface area contributed by atoms with Crippen LogP contribution in [-0.2, 0) is 0 Å². The van der Waals surface area contributed by atoms with Crippen LogP contribution in [-0.4, -0.2) is 49.9 Å². The van der Waals surface area contributed by atoms with Crippen molar-refractivity contribution in [3.05, 3.63) is 42.0 Å². The van der Waals surface area contributed by atoms with Crippen molar-refractivity contribution in [2.75, 3.05) is 39.9 Å². The van der Waals surface area contributed by atoms with Gasteiger partial charge in [0, 0.05) is 26.2 Å². The first-order valence-corrected chi connectivity index (χ1v) is 7.45. The lowest BCUT2D eigenvalue weighted by Gasteiger charge is -2.34. The van der Waals surface area contributed by atoms with E-state index >= 15 is 0 Å². The first-order chi connectivity index (χ1) is 10.3. The normalized spacial score (nSPS) is 17.8. The van der Waals surface area contributed by atoms with Gasteiger partial charge >= 0.3 is 0 Å². The molecule has 1 fully saturated rings. The fourth-order valence-corrected chi connectivity index (χ4v) is 3.00. The van der Waals surface area contributed by atoms with Gasteiger partial charge in [-0.25, -0.2) is 0 Å². The van der Waals surface area contributed by atoms with Crippen LogP contribution in [0.4, 0.5) is 0 Å². The highest BCUT2D eigenvalue weighted by atomic mass is 16.5. The average molecular weight is 286 g/mol. The van der Waals surface area contributed by atoms with Crippen molar-refractivity contribution in [1.82, 2.24) is 10.2 Å². The minimum atomic E-state index is 0.0820. The van der Waals surface area contributed by atoms with Gasteiger partial charge in [-0.3, -0.25) is 4.90 Å². The second-order valence-corrected chi connectivity index (χ2v) is 5.46. The van der Waals surface area contributed by atoms with Gasteiger partial charge in [0.15, 0.2) is 0 Å². The molecule has 0 unspecified atom stereocenters. The molecule has 1 aliphatic rings. The predicted molar refractivity (Wildman–Crippen MR) is 84.8 cm³/mol. The van der Waals surface area contributed by atoms with Gasteiger partial charge in [0.1, 0.15) is 5.75 Å². The lowest BCUT2D eigenvalue weighted by molar-refractivity contribution is 0.111. The van der Waals surface area contributed by atoms with Crippen LogP contribution in [0.25, 0.3) is 10.8 Å². The van der Waals surface area contributed by atoms with Crippen LogP contribution in [0.1, 0.15) is 11.6 Å². The Labute approximate surface area is 125 Å². The second-order valence-electron chi connectivity index (χ2n) is 5.46. The van der Waals surface area contributed by atoms with Gasteiger partial charge in [-0.1, -0.05) is 18.2 Å². The first-order valence-electron chi connectivity index (χ1n) is 7.45. The number of rotatable bonds is 4. The molecular formula is C17H22N2O2.